The third-order valence-electron chi connectivity index (χ3n) is 3.20. The fourth-order valence-corrected chi connectivity index (χ4v) is 2.18. The fraction of sp³-hybridized carbons (Fsp3) is 0.294. The summed E-state index contributed by atoms with van der Waals surface area (Å²) in [6.07, 6.45) is 3.86. The Morgan fingerprint density at radius 1 is 1.26 bits per heavy atom. The van der Waals surface area contributed by atoms with Crippen LogP contribution in [0.1, 0.15) is 31.4 Å². The summed E-state index contributed by atoms with van der Waals surface area (Å²) in [6, 6.07) is 12.4. The van der Waals surface area contributed by atoms with Crippen LogP contribution in [-0.4, -0.2) is 6.61 Å². The van der Waals surface area contributed by atoms with Gasteiger partial charge in [0.15, 0.2) is 0 Å². The number of ether oxygens (including phenoxy) is 1. The maximum absolute atomic E-state index is 6.04. The zero-order valence-corrected chi connectivity index (χ0v) is 11.4. The number of nitrogens with two attached hydrogens (primary N) is 1. The number of hydrogen-bond acceptors (Lipinski definition) is 2. The Balaban J connectivity index is 2.35. The van der Waals surface area contributed by atoms with Crippen LogP contribution in [0, 0.1) is 0 Å². The van der Waals surface area contributed by atoms with E-state index in [1.54, 1.807) is 0 Å². The Bertz CT molecular complexity index is 560. The monoisotopic (exact) mass is 255 g/mol. The highest BCUT2D eigenvalue weighted by Gasteiger charge is 2.11. The standard InChI is InChI=1S/C17H21NO/c1-3-4-7-12-19-17-15(13(2)18)11-10-14-8-5-6-9-16(14)17/h3,5-6,8-11,13H,1,4,7,12,18H2,2H3/t13-/m0/s1. The van der Waals surface area contributed by atoms with Crippen molar-refractivity contribution in [2.45, 2.75) is 25.8 Å². The first-order chi connectivity index (χ1) is 9.24. The molecule has 2 aromatic rings. The minimum atomic E-state index is -0.0287. The van der Waals surface area contributed by atoms with Crippen LogP contribution in [0.2, 0.25) is 0 Å². The third-order valence-corrected chi connectivity index (χ3v) is 3.20. The summed E-state index contributed by atoms with van der Waals surface area (Å²) in [6.45, 7) is 6.41. The van der Waals surface area contributed by atoms with E-state index in [1.807, 2.05) is 25.1 Å². The van der Waals surface area contributed by atoms with Gasteiger partial charge in [0.2, 0.25) is 0 Å². The highest BCUT2D eigenvalue weighted by molar-refractivity contribution is 5.89. The van der Waals surface area contributed by atoms with Crippen molar-refractivity contribution in [3.05, 3.63) is 54.6 Å². The van der Waals surface area contributed by atoms with Gasteiger partial charge in [-0.25, -0.2) is 0 Å². The van der Waals surface area contributed by atoms with Crippen LogP contribution in [0.15, 0.2) is 49.1 Å². The van der Waals surface area contributed by atoms with E-state index in [4.69, 9.17) is 10.5 Å². The molecule has 1 atom stereocenters. The second-order valence-electron chi connectivity index (χ2n) is 4.77. The lowest BCUT2D eigenvalue weighted by Crippen LogP contribution is -2.09. The van der Waals surface area contributed by atoms with Crippen LogP contribution < -0.4 is 10.5 Å². The summed E-state index contributed by atoms with van der Waals surface area (Å²) in [7, 11) is 0. The maximum Gasteiger partial charge on any atom is 0.131 e. The first kappa shape index (κ1) is 13.6. The van der Waals surface area contributed by atoms with E-state index >= 15 is 0 Å². The van der Waals surface area contributed by atoms with E-state index in [9.17, 15) is 0 Å². The van der Waals surface area contributed by atoms with Crippen molar-refractivity contribution in [2.75, 3.05) is 6.61 Å². The number of allylic oxidation sites excluding steroid dienone is 1. The van der Waals surface area contributed by atoms with Gasteiger partial charge >= 0.3 is 0 Å². The minimum Gasteiger partial charge on any atom is -0.493 e. The number of fused-ring (bicyclic) bond motifs is 1. The summed E-state index contributed by atoms with van der Waals surface area (Å²) < 4.78 is 5.99. The number of unbranched alkanes of at least 4 members (excludes halogenated alkanes) is 1. The molecule has 2 nitrogen and oxygen atoms in total. The zero-order chi connectivity index (χ0) is 13.7. The van der Waals surface area contributed by atoms with Crippen molar-refractivity contribution in [3.63, 3.8) is 0 Å². The van der Waals surface area contributed by atoms with E-state index in [1.165, 1.54) is 5.39 Å². The van der Waals surface area contributed by atoms with E-state index in [-0.39, 0.29) is 6.04 Å². The Kier molecular flexibility index (Phi) is 4.58. The van der Waals surface area contributed by atoms with Gasteiger partial charge in [-0.3, -0.25) is 0 Å². The smallest absolute Gasteiger partial charge is 0.131 e. The Hall–Kier alpha value is -1.80. The third kappa shape index (κ3) is 3.15. The summed E-state index contributed by atoms with van der Waals surface area (Å²) in [5.74, 6) is 0.928. The molecule has 0 amide bonds. The van der Waals surface area contributed by atoms with Gasteiger partial charge in [0.25, 0.3) is 0 Å². The van der Waals surface area contributed by atoms with E-state index in [0.29, 0.717) is 6.61 Å². The van der Waals surface area contributed by atoms with Gasteiger partial charge in [0.1, 0.15) is 5.75 Å². The lowest BCUT2D eigenvalue weighted by Gasteiger charge is -2.16. The average Bonchev–Trinajstić information content (AvgIpc) is 2.43. The molecule has 0 unspecified atom stereocenters. The van der Waals surface area contributed by atoms with Gasteiger partial charge in [0.05, 0.1) is 6.61 Å². The molecule has 100 valence electrons. The molecule has 0 saturated carbocycles. The van der Waals surface area contributed by atoms with Crippen molar-refractivity contribution in [1.29, 1.82) is 0 Å². The summed E-state index contributed by atoms with van der Waals surface area (Å²) in [4.78, 5) is 0. The predicted molar refractivity (Wildman–Crippen MR) is 81.5 cm³/mol. The van der Waals surface area contributed by atoms with Gasteiger partial charge in [-0.15, -0.1) is 6.58 Å². The van der Waals surface area contributed by atoms with Crippen molar-refractivity contribution in [3.8, 4) is 5.75 Å². The Morgan fingerprint density at radius 2 is 2.05 bits per heavy atom. The van der Waals surface area contributed by atoms with Crippen LogP contribution in [0.5, 0.6) is 5.75 Å². The number of benzene rings is 2. The normalized spacial score (nSPS) is 12.3. The summed E-state index contributed by atoms with van der Waals surface area (Å²) in [5.41, 5.74) is 7.11. The zero-order valence-electron chi connectivity index (χ0n) is 11.4. The number of rotatable bonds is 6. The largest absolute Gasteiger partial charge is 0.493 e. The van der Waals surface area contributed by atoms with Crippen LogP contribution in [0.3, 0.4) is 0 Å². The molecule has 0 fully saturated rings. The fourth-order valence-electron chi connectivity index (χ4n) is 2.18. The lowest BCUT2D eigenvalue weighted by molar-refractivity contribution is 0.311. The van der Waals surface area contributed by atoms with Gasteiger partial charge < -0.3 is 10.5 Å². The number of hydrogen-bond donors (Lipinski definition) is 1. The van der Waals surface area contributed by atoms with Crippen molar-refractivity contribution in [1.82, 2.24) is 0 Å². The second-order valence-corrected chi connectivity index (χ2v) is 4.77. The highest BCUT2D eigenvalue weighted by atomic mass is 16.5. The van der Waals surface area contributed by atoms with E-state index < -0.39 is 0 Å². The van der Waals surface area contributed by atoms with Gasteiger partial charge in [-0.2, -0.15) is 0 Å². The SMILES string of the molecule is C=CCCCOc1c([C@H](C)N)ccc2ccccc12. The summed E-state index contributed by atoms with van der Waals surface area (Å²) >= 11 is 0. The molecule has 0 aliphatic carbocycles. The van der Waals surface area contributed by atoms with Gasteiger partial charge in [0, 0.05) is 17.0 Å². The van der Waals surface area contributed by atoms with Crippen LogP contribution in [-0.2, 0) is 0 Å². The molecule has 0 aliphatic rings. The highest BCUT2D eigenvalue weighted by Crippen LogP contribution is 2.33. The molecule has 2 heteroatoms. The predicted octanol–water partition coefficient (Wildman–Crippen LogP) is 4.20. The van der Waals surface area contributed by atoms with Crippen LogP contribution in [0.25, 0.3) is 10.8 Å². The quantitative estimate of drug-likeness (QED) is 0.620. The first-order valence-corrected chi connectivity index (χ1v) is 6.75. The van der Waals surface area contributed by atoms with Gasteiger partial charge in [-0.05, 0) is 25.2 Å². The summed E-state index contributed by atoms with van der Waals surface area (Å²) in [5, 5.41) is 2.32. The topological polar surface area (TPSA) is 35.2 Å². The second kappa shape index (κ2) is 6.39. The molecule has 0 radical (unpaired) electrons. The Labute approximate surface area is 114 Å². The molecule has 0 saturated heterocycles. The molecule has 2 N–H and O–H groups in total. The van der Waals surface area contributed by atoms with Crippen molar-refractivity contribution < 1.29 is 4.74 Å². The average molecular weight is 255 g/mol. The molecule has 0 heterocycles. The van der Waals surface area contributed by atoms with E-state index in [0.717, 1.165) is 29.5 Å². The molecular formula is C17H21NO. The first-order valence-electron chi connectivity index (χ1n) is 6.75. The molecule has 19 heavy (non-hydrogen) atoms. The molecule has 0 spiro atoms. The molecule has 0 aliphatic heterocycles. The molecular weight excluding hydrogens is 234 g/mol. The molecule has 0 aromatic heterocycles. The van der Waals surface area contributed by atoms with Crippen LogP contribution in [0.4, 0.5) is 0 Å². The lowest BCUT2D eigenvalue weighted by atomic mass is 10.0. The Morgan fingerprint density at radius 3 is 2.79 bits per heavy atom. The van der Waals surface area contributed by atoms with Crippen LogP contribution >= 0.6 is 0 Å². The van der Waals surface area contributed by atoms with Gasteiger partial charge in [-0.1, -0.05) is 42.5 Å². The maximum atomic E-state index is 6.04. The molecule has 0 bridgehead atoms. The molecule has 2 aromatic carbocycles. The van der Waals surface area contributed by atoms with Crippen molar-refractivity contribution in [2.24, 2.45) is 5.73 Å². The minimum absolute atomic E-state index is 0.0287. The van der Waals surface area contributed by atoms with E-state index in [2.05, 4.69) is 30.8 Å². The molecule has 2 rings (SSSR count). The van der Waals surface area contributed by atoms with Crippen molar-refractivity contribution >= 4 is 10.8 Å².